The standard InChI is InChI=1S/C17H24.C13H26.C10H14.2C2H6/c1-9-16(10-2)15(8)14(7)11-17(12(3)4)13(5)6;1-5-8-10-13(7-3)11-12(4)9-6-2;1-3-5-10-7-4-6-9(2)8-10;2*1-2/h9-11H,1,3,5H2,2,4,6-8H3;13H,4-11H2,1-3H3;4,6-8H,3,5H2,1-2H3;2*1-2H3/b15-14+,16-10+;;;;/t;13-;;;/m.0.../s1. The van der Waals surface area contributed by atoms with Crippen molar-refractivity contribution in [3.8, 4) is 0 Å². The summed E-state index contributed by atoms with van der Waals surface area (Å²) >= 11 is 0. The highest BCUT2D eigenvalue weighted by atomic mass is 14.1. The van der Waals surface area contributed by atoms with Crippen LogP contribution in [0.15, 0.2) is 108 Å². The van der Waals surface area contributed by atoms with Crippen LogP contribution >= 0.6 is 0 Å². The number of rotatable bonds is 15. The van der Waals surface area contributed by atoms with Crippen LogP contribution in [-0.4, -0.2) is 0 Å². The number of allylic oxidation sites excluding steroid dienone is 10. The molecule has 1 aromatic carbocycles. The van der Waals surface area contributed by atoms with Gasteiger partial charge >= 0.3 is 0 Å². The number of benzene rings is 1. The molecule has 0 fully saturated rings. The molecule has 0 saturated carbocycles. The zero-order chi connectivity index (χ0) is 35.1. The minimum absolute atomic E-state index is 0.902. The lowest BCUT2D eigenvalue weighted by molar-refractivity contribution is 0.443. The molecule has 252 valence electrons. The minimum Gasteiger partial charge on any atom is -0.0999 e. The van der Waals surface area contributed by atoms with E-state index in [1.165, 1.54) is 91.2 Å². The van der Waals surface area contributed by atoms with E-state index in [-0.39, 0.29) is 0 Å². The molecule has 0 heteroatoms. The molecular weight excluding hydrogens is 528 g/mol. The molecule has 0 saturated heterocycles. The Balaban J connectivity index is -0.000000264. The van der Waals surface area contributed by atoms with E-state index < -0.39 is 0 Å². The molecule has 0 aromatic heterocycles. The van der Waals surface area contributed by atoms with Crippen molar-refractivity contribution in [2.45, 2.75) is 155 Å². The Morgan fingerprint density at radius 3 is 1.80 bits per heavy atom. The van der Waals surface area contributed by atoms with E-state index >= 15 is 0 Å². The molecule has 0 unspecified atom stereocenters. The molecule has 0 heterocycles. The largest absolute Gasteiger partial charge is 0.0999 e. The van der Waals surface area contributed by atoms with Crippen molar-refractivity contribution in [2.24, 2.45) is 5.92 Å². The molecule has 0 N–H and O–H groups in total. The first-order valence-electron chi connectivity index (χ1n) is 17.6. The van der Waals surface area contributed by atoms with Gasteiger partial charge in [-0.25, -0.2) is 0 Å². The lowest BCUT2D eigenvalue weighted by Gasteiger charge is -2.15. The number of unbranched alkanes of at least 4 members (excludes halogenated alkanes) is 1. The van der Waals surface area contributed by atoms with Crippen LogP contribution in [0.25, 0.3) is 0 Å². The molecule has 1 rings (SSSR count). The fourth-order valence-corrected chi connectivity index (χ4v) is 4.61. The second-order valence-corrected chi connectivity index (χ2v) is 11.2. The fourth-order valence-electron chi connectivity index (χ4n) is 4.61. The van der Waals surface area contributed by atoms with E-state index in [4.69, 9.17) is 0 Å². The number of aryl methyl sites for hydroxylation is 2. The second kappa shape index (κ2) is 33.3. The second-order valence-electron chi connectivity index (χ2n) is 11.2. The average Bonchev–Trinajstić information content (AvgIpc) is 3.01. The van der Waals surface area contributed by atoms with Crippen LogP contribution in [0.3, 0.4) is 0 Å². The van der Waals surface area contributed by atoms with Crippen molar-refractivity contribution in [1.29, 1.82) is 0 Å². The summed E-state index contributed by atoms with van der Waals surface area (Å²) in [6.45, 7) is 45.4. The smallest absolute Gasteiger partial charge is 0.0207 e. The summed E-state index contributed by atoms with van der Waals surface area (Å²) in [6, 6.07) is 8.71. The van der Waals surface area contributed by atoms with Crippen molar-refractivity contribution in [2.75, 3.05) is 0 Å². The van der Waals surface area contributed by atoms with Gasteiger partial charge in [0.25, 0.3) is 0 Å². The van der Waals surface area contributed by atoms with Crippen molar-refractivity contribution in [1.82, 2.24) is 0 Å². The molecule has 0 nitrogen and oxygen atoms in total. The van der Waals surface area contributed by atoms with Crippen LogP contribution < -0.4 is 0 Å². The van der Waals surface area contributed by atoms with Gasteiger partial charge in [0.05, 0.1) is 0 Å². The van der Waals surface area contributed by atoms with Gasteiger partial charge < -0.3 is 0 Å². The predicted molar refractivity (Wildman–Crippen MR) is 210 cm³/mol. The predicted octanol–water partition coefficient (Wildman–Crippen LogP) is 15.5. The van der Waals surface area contributed by atoms with Crippen LogP contribution in [0.5, 0.6) is 0 Å². The topological polar surface area (TPSA) is 0 Å². The summed E-state index contributed by atoms with van der Waals surface area (Å²) in [5, 5.41) is 0. The van der Waals surface area contributed by atoms with Gasteiger partial charge in [-0.1, -0.05) is 185 Å². The Labute approximate surface area is 278 Å². The van der Waals surface area contributed by atoms with Crippen molar-refractivity contribution >= 4 is 0 Å². The van der Waals surface area contributed by atoms with Crippen molar-refractivity contribution < 1.29 is 0 Å². The molecule has 0 bridgehead atoms. The summed E-state index contributed by atoms with van der Waals surface area (Å²) in [7, 11) is 0. The highest BCUT2D eigenvalue weighted by Gasteiger charge is 2.07. The van der Waals surface area contributed by atoms with Gasteiger partial charge in [-0.15, -0.1) is 0 Å². The van der Waals surface area contributed by atoms with Crippen LogP contribution in [0.2, 0.25) is 0 Å². The molecule has 0 aliphatic rings. The molecule has 1 atom stereocenters. The Bertz CT molecular complexity index is 973. The minimum atomic E-state index is 0.902. The molecule has 0 radical (unpaired) electrons. The third-order valence-corrected chi connectivity index (χ3v) is 7.18. The maximum Gasteiger partial charge on any atom is -0.0207 e. The first-order chi connectivity index (χ1) is 20.9. The fraction of sp³-hybridized carbons (Fsp3) is 0.545. The van der Waals surface area contributed by atoms with E-state index in [9.17, 15) is 0 Å². The van der Waals surface area contributed by atoms with Crippen LogP contribution in [0, 0.1) is 12.8 Å². The zero-order valence-corrected chi connectivity index (χ0v) is 32.3. The van der Waals surface area contributed by atoms with Gasteiger partial charge in [0.1, 0.15) is 0 Å². The van der Waals surface area contributed by atoms with Gasteiger partial charge in [-0.05, 0) is 94.6 Å². The van der Waals surface area contributed by atoms with Gasteiger partial charge in [0, 0.05) is 0 Å². The Morgan fingerprint density at radius 2 is 1.41 bits per heavy atom. The zero-order valence-electron chi connectivity index (χ0n) is 32.3. The lowest BCUT2D eigenvalue weighted by Crippen LogP contribution is -2.00. The van der Waals surface area contributed by atoms with Crippen molar-refractivity contribution in [3.63, 3.8) is 0 Å². The summed E-state index contributed by atoms with van der Waals surface area (Å²) in [5.74, 6) is 0.902. The van der Waals surface area contributed by atoms with E-state index in [0.29, 0.717) is 0 Å². The summed E-state index contributed by atoms with van der Waals surface area (Å²) < 4.78 is 0. The molecule has 44 heavy (non-hydrogen) atoms. The Kier molecular flexibility index (Phi) is 36.6. The maximum absolute atomic E-state index is 4.14. The summed E-state index contributed by atoms with van der Waals surface area (Å²) in [4.78, 5) is 0. The first-order valence-corrected chi connectivity index (χ1v) is 17.6. The molecule has 1 aromatic rings. The Morgan fingerprint density at radius 1 is 0.841 bits per heavy atom. The number of hydrogen-bond donors (Lipinski definition) is 0. The monoisotopic (exact) mass is 605 g/mol. The van der Waals surface area contributed by atoms with E-state index in [1.807, 2.05) is 54.5 Å². The SMILES string of the molecule is C=C(CCC)C[C@@H](CC)CCCC.C=CC(=C\C)/C(C)=C(\C)C=C(C(=C)C)C(=C)C.CC.CC.CCCc1cccc(C)c1. The Hall–Kier alpha value is -2.60. The highest BCUT2D eigenvalue weighted by molar-refractivity contribution is 5.50. The van der Waals surface area contributed by atoms with Crippen LogP contribution in [0.4, 0.5) is 0 Å². The highest BCUT2D eigenvalue weighted by Crippen LogP contribution is 2.23. The van der Waals surface area contributed by atoms with Crippen LogP contribution in [-0.2, 0) is 6.42 Å². The summed E-state index contributed by atoms with van der Waals surface area (Å²) in [5.41, 5.74) is 11.1. The van der Waals surface area contributed by atoms with Crippen LogP contribution in [0.1, 0.15) is 153 Å². The quantitative estimate of drug-likeness (QED) is 0.138. The van der Waals surface area contributed by atoms with Gasteiger partial charge in [-0.2, -0.15) is 0 Å². The van der Waals surface area contributed by atoms with E-state index in [0.717, 1.165) is 22.6 Å². The van der Waals surface area contributed by atoms with Gasteiger partial charge in [0.2, 0.25) is 0 Å². The lowest BCUT2D eigenvalue weighted by atomic mass is 9.91. The maximum atomic E-state index is 4.14. The molecule has 0 aliphatic carbocycles. The average molecular weight is 605 g/mol. The molecule has 0 amide bonds. The van der Waals surface area contributed by atoms with Crippen molar-refractivity contribution in [3.05, 3.63) is 119 Å². The van der Waals surface area contributed by atoms with E-state index in [1.54, 1.807) is 0 Å². The summed E-state index contributed by atoms with van der Waals surface area (Å²) in [6.07, 6.45) is 17.7. The third-order valence-electron chi connectivity index (χ3n) is 7.18. The third kappa shape index (κ3) is 25.9. The molecular formula is C44H76. The van der Waals surface area contributed by atoms with Gasteiger partial charge in [0.15, 0.2) is 0 Å². The number of hydrogen-bond acceptors (Lipinski definition) is 0. The normalized spacial score (nSPS) is 11.2. The first kappa shape index (κ1) is 48.3. The van der Waals surface area contributed by atoms with E-state index in [2.05, 4.69) is 111 Å². The molecule has 0 aliphatic heterocycles. The van der Waals surface area contributed by atoms with Gasteiger partial charge in [-0.3, -0.25) is 0 Å². The molecule has 0 spiro atoms.